The van der Waals surface area contributed by atoms with E-state index in [-0.39, 0.29) is 11.8 Å². The van der Waals surface area contributed by atoms with Crippen LogP contribution in [0.15, 0.2) is 24.3 Å². The van der Waals surface area contributed by atoms with Crippen LogP contribution in [0.1, 0.15) is 20.8 Å². The van der Waals surface area contributed by atoms with E-state index in [0.717, 1.165) is 0 Å². The molecule has 1 amide bonds. The van der Waals surface area contributed by atoms with Crippen LogP contribution in [0, 0.1) is 0 Å². The number of halogens is 3. The topological polar surface area (TPSA) is 64.3 Å². The number of hydrogen-bond donors (Lipinski definition) is 2. The van der Waals surface area contributed by atoms with Crippen LogP contribution >= 0.6 is 0 Å². The van der Waals surface area contributed by atoms with E-state index in [2.05, 4.69) is 5.32 Å². The zero-order valence-electron chi connectivity index (χ0n) is 11.4. The molecule has 0 bridgehead atoms. The number of ether oxygens (including phenoxy) is 1. The largest absolute Gasteiger partial charge is 0.491 e. The number of hydrogen-bond acceptors (Lipinski definition) is 3. The summed E-state index contributed by atoms with van der Waals surface area (Å²) < 4.78 is 43.1. The second-order valence-electron chi connectivity index (χ2n) is 4.85. The summed E-state index contributed by atoms with van der Waals surface area (Å²) in [6, 6.07) is 6.00. The molecule has 0 saturated heterocycles. The van der Waals surface area contributed by atoms with Gasteiger partial charge in [0.15, 0.2) is 5.54 Å². The van der Waals surface area contributed by atoms with Gasteiger partial charge in [0.05, 0.1) is 6.10 Å². The van der Waals surface area contributed by atoms with Crippen LogP contribution in [0.4, 0.5) is 18.9 Å². The summed E-state index contributed by atoms with van der Waals surface area (Å²) in [6.07, 6.45) is -4.84. The number of amides is 1. The van der Waals surface area contributed by atoms with E-state index in [9.17, 15) is 18.0 Å². The lowest BCUT2D eigenvalue weighted by Crippen LogP contribution is -2.59. The predicted molar refractivity (Wildman–Crippen MR) is 69.5 cm³/mol. The quantitative estimate of drug-likeness (QED) is 0.896. The summed E-state index contributed by atoms with van der Waals surface area (Å²) in [5.74, 6) is -0.758. The lowest BCUT2D eigenvalue weighted by molar-refractivity contribution is -0.184. The Morgan fingerprint density at radius 3 is 2.15 bits per heavy atom. The molecule has 1 atom stereocenters. The zero-order chi connectivity index (χ0) is 15.6. The molecule has 3 N–H and O–H groups in total. The Balaban J connectivity index is 2.77. The Bertz CT molecular complexity index is 467. The third-order valence-corrected chi connectivity index (χ3v) is 2.54. The van der Waals surface area contributed by atoms with Gasteiger partial charge in [-0.2, -0.15) is 13.2 Å². The van der Waals surface area contributed by atoms with Crippen molar-refractivity contribution in [3.05, 3.63) is 24.3 Å². The van der Waals surface area contributed by atoms with Crippen LogP contribution in [0.2, 0.25) is 0 Å². The van der Waals surface area contributed by atoms with Gasteiger partial charge in [0, 0.05) is 5.69 Å². The Morgan fingerprint density at radius 1 is 1.25 bits per heavy atom. The average molecular weight is 290 g/mol. The van der Waals surface area contributed by atoms with Gasteiger partial charge in [-0.15, -0.1) is 0 Å². The van der Waals surface area contributed by atoms with Gasteiger partial charge >= 0.3 is 6.18 Å². The van der Waals surface area contributed by atoms with Crippen molar-refractivity contribution in [1.29, 1.82) is 0 Å². The first-order valence-electron chi connectivity index (χ1n) is 5.98. The maximum Gasteiger partial charge on any atom is 0.415 e. The molecule has 0 aromatic heterocycles. The van der Waals surface area contributed by atoms with Crippen molar-refractivity contribution < 1.29 is 22.7 Å². The lowest BCUT2D eigenvalue weighted by atomic mass is 10.0. The highest BCUT2D eigenvalue weighted by molar-refractivity contribution is 5.98. The fraction of sp³-hybridized carbons (Fsp3) is 0.462. The minimum Gasteiger partial charge on any atom is -0.491 e. The van der Waals surface area contributed by atoms with E-state index in [0.29, 0.717) is 12.7 Å². The smallest absolute Gasteiger partial charge is 0.415 e. The first-order valence-corrected chi connectivity index (χ1v) is 5.98. The molecule has 0 heterocycles. The Labute approximate surface area is 115 Å². The standard InChI is InChI=1S/C13H17F3N2O2/c1-8(2)20-10-6-4-9(5-7-10)18-11(19)12(3,17)13(14,15)16/h4-8H,17H2,1-3H3,(H,18,19). The van der Waals surface area contributed by atoms with Crippen molar-refractivity contribution in [2.45, 2.75) is 38.6 Å². The fourth-order valence-corrected chi connectivity index (χ4v) is 1.28. The molecule has 112 valence electrons. The molecule has 1 unspecified atom stereocenters. The van der Waals surface area contributed by atoms with Crippen molar-refractivity contribution in [2.75, 3.05) is 5.32 Å². The van der Waals surface area contributed by atoms with Gasteiger partial charge in [-0.05, 0) is 45.0 Å². The summed E-state index contributed by atoms with van der Waals surface area (Å²) in [7, 11) is 0. The highest BCUT2D eigenvalue weighted by Gasteiger charge is 2.53. The van der Waals surface area contributed by atoms with Crippen molar-refractivity contribution in [3.8, 4) is 5.75 Å². The van der Waals surface area contributed by atoms with Crippen molar-refractivity contribution in [2.24, 2.45) is 5.73 Å². The van der Waals surface area contributed by atoms with Gasteiger partial charge in [0.1, 0.15) is 5.75 Å². The normalized spacial score (nSPS) is 14.8. The third kappa shape index (κ3) is 3.86. The first-order chi connectivity index (χ1) is 9.04. The van der Waals surface area contributed by atoms with Gasteiger partial charge in [0.25, 0.3) is 5.91 Å². The van der Waals surface area contributed by atoms with Gasteiger partial charge < -0.3 is 15.8 Å². The summed E-state index contributed by atoms with van der Waals surface area (Å²) in [4.78, 5) is 11.6. The number of nitrogens with one attached hydrogen (secondary N) is 1. The second kappa shape index (κ2) is 5.70. The van der Waals surface area contributed by atoms with E-state index in [4.69, 9.17) is 10.5 Å². The number of alkyl halides is 3. The highest BCUT2D eigenvalue weighted by atomic mass is 19.4. The average Bonchev–Trinajstić information content (AvgIpc) is 2.29. The number of anilines is 1. The maximum absolute atomic E-state index is 12.6. The highest BCUT2D eigenvalue weighted by Crippen LogP contribution is 2.29. The van der Waals surface area contributed by atoms with Gasteiger partial charge in [-0.25, -0.2) is 0 Å². The molecule has 0 spiro atoms. The van der Waals surface area contributed by atoms with E-state index >= 15 is 0 Å². The molecule has 1 rings (SSSR count). The Hall–Kier alpha value is -1.76. The maximum atomic E-state index is 12.6. The SMILES string of the molecule is CC(C)Oc1ccc(NC(=O)C(C)(N)C(F)(F)F)cc1. The minimum absolute atomic E-state index is 0.0204. The van der Waals surface area contributed by atoms with Gasteiger partial charge in [0.2, 0.25) is 0 Å². The minimum atomic E-state index is -4.82. The summed E-state index contributed by atoms with van der Waals surface area (Å²) in [5, 5.41) is 2.13. The van der Waals surface area contributed by atoms with Crippen molar-refractivity contribution in [1.82, 2.24) is 0 Å². The number of rotatable bonds is 4. The van der Waals surface area contributed by atoms with E-state index in [1.165, 1.54) is 12.1 Å². The third-order valence-electron chi connectivity index (χ3n) is 2.54. The summed E-state index contributed by atoms with van der Waals surface area (Å²) in [5.41, 5.74) is 2.29. The monoisotopic (exact) mass is 290 g/mol. The first kappa shape index (κ1) is 16.3. The fourth-order valence-electron chi connectivity index (χ4n) is 1.28. The van der Waals surface area contributed by atoms with Crippen molar-refractivity contribution >= 4 is 11.6 Å². The zero-order valence-corrected chi connectivity index (χ0v) is 11.4. The molecule has 1 aromatic carbocycles. The Kier molecular flexibility index (Phi) is 4.65. The predicted octanol–water partition coefficient (Wildman–Crippen LogP) is 2.69. The van der Waals surface area contributed by atoms with E-state index in [1.54, 1.807) is 12.1 Å². The molecule has 7 heteroatoms. The molecule has 0 aliphatic carbocycles. The molecule has 0 saturated carbocycles. The molecule has 0 radical (unpaired) electrons. The van der Waals surface area contributed by atoms with Crippen molar-refractivity contribution in [3.63, 3.8) is 0 Å². The number of carbonyl (C=O) groups excluding carboxylic acids is 1. The molecule has 1 aromatic rings. The van der Waals surface area contributed by atoms with Crippen LogP contribution in [-0.2, 0) is 4.79 Å². The molecular weight excluding hydrogens is 273 g/mol. The van der Waals surface area contributed by atoms with Crippen LogP contribution < -0.4 is 15.8 Å². The van der Waals surface area contributed by atoms with Crippen LogP contribution in [-0.4, -0.2) is 23.7 Å². The van der Waals surface area contributed by atoms with E-state index < -0.39 is 17.6 Å². The van der Waals surface area contributed by atoms with Crippen LogP contribution in [0.25, 0.3) is 0 Å². The molecule has 20 heavy (non-hydrogen) atoms. The van der Waals surface area contributed by atoms with Gasteiger partial charge in [-0.1, -0.05) is 0 Å². The molecule has 0 fully saturated rings. The Morgan fingerprint density at radius 2 is 1.75 bits per heavy atom. The van der Waals surface area contributed by atoms with E-state index in [1.807, 2.05) is 13.8 Å². The number of benzene rings is 1. The second-order valence-corrected chi connectivity index (χ2v) is 4.85. The molecule has 0 aliphatic rings. The number of carbonyl (C=O) groups is 1. The molecule has 4 nitrogen and oxygen atoms in total. The van der Waals surface area contributed by atoms with Crippen LogP contribution in [0.3, 0.4) is 0 Å². The number of nitrogens with two attached hydrogens (primary N) is 1. The van der Waals surface area contributed by atoms with Crippen LogP contribution in [0.5, 0.6) is 5.75 Å². The van der Waals surface area contributed by atoms with Gasteiger partial charge in [-0.3, -0.25) is 4.79 Å². The molecular formula is C13H17F3N2O2. The summed E-state index contributed by atoms with van der Waals surface area (Å²) in [6.45, 7) is 4.32. The molecule has 0 aliphatic heterocycles. The summed E-state index contributed by atoms with van der Waals surface area (Å²) >= 11 is 0. The lowest BCUT2D eigenvalue weighted by Gasteiger charge is -2.26.